The van der Waals surface area contributed by atoms with E-state index in [-0.39, 0.29) is 12.5 Å². The summed E-state index contributed by atoms with van der Waals surface area (Å²) in [4.78, 5) is 13.0. The number of nitrogens with one attached hydrogen (secondary N) is 1. The molecule has 0 fully saturated rings. The van der Waals surface area contributed by atoms with Gasteiger partial charge in [0.05, 0.1) is 0 Å². The van der Waals surface area contributed by atoms with E-state index in [2.05, 4.69) is 18.6 Å². The van der Waals surface area contributed by atoms with Crippen LogP contribution in [0.25, 0.3) is 0 Å². The molecule has 0 atom stereocenters. The number of nitrogens with zero attached hydrogens (tertiary/aromatic N) is 2. The predicted octanol–water partition coefficient (Wildman–Crippen LogP) is 0.277. The van der Waals surface area contributed by atoms with Gasteiger partial charge in [-0.2, -0.15) is 12.7 Å². The summed E-state index contributed by atoms with van der Waals surface area (Å²) < 4.78 is 26.5. The topological polar surface area (TPSA) is 69.7 Å². The zero-order chi connectivity index (χ0) is 14.3. The first-order chi connectivity index (χ1) is 8.16. The van der Waals surface area contributed by atoms with Gasteiger partial charge in [0.15, 0.2) is 0 Å². The average Bonchev–Trinajstić information content (AvgIpc) is 2.21. The molecule has 0 heterocycles. The Hall–Kier alpha value is -0.660. The molecule has 7 heteroatoms. The third-order valence-electron chi connectivity index (χ3n) is 2.57. The van der Waals surface area contributed by atoms with Gasteiger partial charge in [0.1, 0.15) is 0 Å². The molecule has 0 radical (unpaired) electrons. The van der Waals surface area contributed by atoms with Gasteiger partial charge in [-0.1, -0.05) is 13.8 Å². The van der Waals surface area contributed by atoms with Crippen LogP contribution in [0.3, 0.4) is 0 Å². The van der Waals surface area contributed by atoms with Gasteiger partial charge in [-0.05, 0) is 12.3 Å². The van der Waals surface area contributed by atoms with E-state index in [0.717, 1.165) is 10.7 Å². The third-order valence-corrected chi connectivity index (χ3v) is 4.10. The van der Waals surface area contributed by atoms with Crippen molar-refractivity contribution in [3.05, 3.63) is 0 Å². The van der Waals surface area contributed by atoms with Crippen LogP contribution >= 0.6 is 0 Å². The molecule has 0 unspecified atom stereocenters. The molecule has 6 nitrogen and oxygen atoms in total. The minimum atomic E-state index is -3.41. The minimum Gasteiger partial charge on any atom is -0.342 e. The second-order valence-corrected chi connectivity index (χ2v) is 6.84. The fourth-order valence-corrected chi connectivity index (χ4v) is 1.89. The lowest BCUT2D eigenvalue weighted by molar-refractivity contribution is -0.128. The normalized spacial score (nSPS) is 12.2. The van der Waals surface area contributed by atoms with Crippen LogP contribution in [0.15, 0.2) is 0 Å². The van der Waals surface area contributed by atoms with Crippen molar-refractivity contribution >= 4 is 16.1 Å². The van der Waals surface area contributed by atoms with E-state index in [0.29, 0.717) is 19.0 Å². The Morgan fingerprint density at radius 1 is 1.22 bits per heavy atom. The van der Waals surface area contributed by atoms with Crippen LogP contribution in [0, 0.1) is 5.92 Å². The van der Waals surface area contributed by atoms with Gasteiger partial charge >= 0.3 is 0 Å². The number of hydrogen-bond donors (Lipinski definition) is 1. The molecule has 0 aromatic rings. The highest BCUT2D eigenvalue weighted by Crippen LogP contribution is 2.02. The lowest BCUT2D eigenvalue weighted by Gasteiger charge is -2.22. The Morgan fingerprint density at radius 2 is 1.78 bits per heavy atom. The van der Waals surface area contributed by atoms with Gasteiger partial charge in [0, 0.05) is 40.7 Å². The summed E-state index contributed by atoms with van der Waals surface area (Å²) in [5.74, 6) is 0.491. The molecule has 0 bridgehead atoms. The molecule has 108 valence electrons. The van der Waals surface area contributed by atoms with E-state index in [1.54, 1.807) is 4.90 Å². The number of amides is 1. The van der Waals surface area contributed by atoms with Crippen LogP contribution in [0.2, 0.25) is 0 Å². The van der Waals surface area contributed by atoms with Crippen LogP contribution in [0.4, 0.5) is 0 Å². The molecule has 0 aliphatic heterocycles. The van der Waals surface area contributed by atoms with E-state index in [4.69, 9.17) is 0 Å². The molecule has 18 heavy (non-hydrogen) atoms. The van der Waals surface area contributed by atoms with E-state index >= 15 is 0 Å². The molecule has 0 aromatic heterocycles. The molecule has 0 rings (SSSR count). The van der Waals surface area contributed by atoms with Crippen molar-refractivity contribution in [2.24, 2.45) is 5.92 Å². The van der Waals surface area contributed by atoms with Crippen molar-refractivity contribution in [3.8, 4) is 0 Å². The molecule has 0 saturated heterocycles. The van der Waals surface area contributed by atoms with Crippen LogP contribution in [-0.4, -0.2) is 57.3 Å². The van der Waals surface area contributed by atoms with Gasteiger partial charge in [0.25, 0.3) is 10.2 Å². The Balaban J connectivity index is 4.17. The second kappa shape index (κ2) is 7.70. The van der Waals surface area contributed by atoms with E-state index in [1.807, 2.05) is 0 Å². The van der Waals surface area contributed by atoms with Gasteiger partial charge in [-0.15, -0.1) is 0 Å². The van der Waals surface area contributed by atoms with Crippen molar-refractivity contribution in [2.75, 3.05) is 33.7 Å². The maximum atomic E-state index is 11.5. The third kappa shape index (κ3) is 6.93. The quantitative estimate of drug-likeness (QED) is 0.693. The highest BCUT2D eigenvalue weighted by Gasteiger charge is 2.14. The zero-order valence-electron chi connectivity index (χ0n) is 11.9. The highest BCUT2D eigenvalue weighted by atomic mass is 32.2. The first-order valence-electron chi connectivity index (χ1n) is 6.09. The maximum absolute atomic E-state index is 11.5. The summed E-state index contributed by atoms with van der Waals surface area (Å²) in [5.41, 5.74) is 0. The Morgan fingerprint density at radius 3 is 2.17 bits per heavy atom. The fourth-order valence-electron chi connectivity index (χ4n) is 1.28. The minimum absolute atomic E-state index is 0.0281. The van der Waals surface area contributed by atoms with E-state index in [1.165, 1.54) is 21.0 Å². The fraction of sp³-hybridized carbons (Fsp3) is 0.909. The number of hydrogen-bond acceptors (Lipinski definition) is 3. The van der Waals surface area contributed by atoms with Crippen molar-refractivity contribution < 1.29 is 13.2 Å². The summed E-state index contributed by atoms with van der Waals surface area (Å²) in [5, 5.41) is 0. The smallest absolute Gasteiger partial charge is 0.278 e. The van der Waals surface area contributed by atoms with E-state index in [9.17, 15) is 13.2 Å². The van der Waals surface area contributed by atoms with Gasteiger partial charge < -0.3 is 4.90 Å². The summed E-state index contributed by atoms with van der Waals surface area (Å²) >= 11 is 0. The molecule has 0 aromatic carbocycles. The monoisotopic (exact) mass is 279 g/mol. The first-order valence-corrected chi connectivity index (χ1v) is 7.53. The Kier molecular flexibility index (Phi) is 7.42. The molecule has 0 spiro atoms. The summed E-state index contributed by atoms with van der Waals surface area (Å²) in [6.45, 7) is 6.98. The van der Waals surface area contributed by atoms with Crippen LogP contribution < -0.4 is 4.72 Å². The molecule has 0 aliphatic rings. The van der Waals surface area contributed by atoms with Gasteiger partial charge in [-0.25, -0.2) is 4.72 Å². The van der Waals surface area contributed by atoms with Crippen molar-refractivity contribution in [1.29, 1.82) is 0 Å². The molecule has 0 aliphatic carbocycles. The van der Waals surface area contributed by atoms with Gasteiger partial charge in [0.2, 0.25) is 5.91 Å². The molecular formula is C11H25N3O3S. The molecule has 1 amide bonds. The lowest BCUT2D eigenvalue weighted by Crippen LogP contribution is -2.42. The summed E-state index contributed by atoms with van der Waals surface area (Å²) in [6.07, 6.45) is 0.917. The van der Waals surface area contributed by atoms with Crippen LogP contribution in [-0.2, 0) is 15.0 Å². The van der Waals surface area contributed by atoms with Crippen LogP contribution in [0.5, 0.6) is 0 Å². The first kappa shape index (κ1) is 17.3. The van der Waals surface area contributed by atoms with Crippen LogP contribution in [0.1, 0.15) is 27.2 Å². The van der Waals surface area contributed by atoms with Gasteiger partial charge in [-0.3, -0.25) is 4.79 Å². The van der Waals surface area contributed by atoms with Crippen molar-refractivity contribution in [1.82, 2.24) is 13.9 Å². The number of rotatable bonds is 8. The Labute approximate surface area is 111 Å². The summed E-state index contributed by atoms with van der Waals surface area (Å²) in [6, 6.07) is 0. The second-order valence-electron chi connectivity index (χ2n) is 4.87. The molecule has 0 saturated carbocycles. The largest absolute Gasteiger partial charge is 0.342 e. The average molecular weight is 279 g/mol. The summed E-state index contributed by atoms with van der Waals surface area (Å²) in [7, 11) is -0.481. The van der Waals surface area contributed by atoms with Crippen molar-refractivity contribution in [2.45, 2.75) is 27.2 Å². The Bertz CT molecular complexity index is 353. The SMILES string of the molecule is CC(=O)N(CCNS(=O)(=O)N(C)C)CCC(C)C. The zero-order valence-corrected chi connectivity index (χ0v) is 12.7. The van der Waals surface area contributed by atoms with E-state index < -0.39 is 10.2 Å². The number of carbonyl (C=O) groups is 1. The lowest BCUT2D eigenvalue weighted by atomic mass is 10.1. The maximum Gasteiger partial charge on any atom is 0.278 e. The van der Waals surface area contributed by atoms with Crippen molar-refractivity contribution in [3.63, 3.8) is 0 Å². The predicted molar refractivity (Wildman–Crippen MR) is 72.3 cm³/mol. The standard InChI is InChI=1S/C11H25N3O3S/c1-10(2)6-8-14(11(3)15)9-7-12-18(16,17)13(4)5/h10,12H,6-9H2,1-5H3. The highest BCUT2D eigenvalue weighted by molar-refractivity contribution is 7.87. The molecular weight excluding hydrogens is 254 g/mol. The molecule has 1 N–H and O–H groups in total. The number of carbonyl (C=O) groups excluding carboxylic acids is 1.